The van der Waals surface area contributed by atoms with Crippen LogP contribution < -0.4 is 13.8 Å². The van der Waals surface area contributed by atoms with Gasteiger partial charge in [-0.15, -0.1) is 0 Å². The molecule has 2 aromatic carbocycles. The van der Waals surface area contributed by atoms with Crippen LogP contribution >= 0.6 is 11.6 Å². The molecule has 1 amide bonds. The van der Waals surface area contributed by atoms with Crippen LogP contribution in [0.5, 0.6) is 0 Å². The third kappa shape index (κ3) is 4.00. The minimum atomic E-state index is 0.00953. The van der Waals surface area contributed by atoms with Crippen LogP contribution in [0.15, 0.2) is 60.7 Å². The van der Waals surface area contributed by atoms with Gasteiger partial charge in [0.2, 0.25) is 0 Å². The second-order valence-electron chi connectivity index (χ2n) is 6.86. The zero-order chi connectivity index (χ0) is 19.5. The number of hydrogen-bond donors (Lipinski definition) is 0. The molecule has 0 saturated carbocycles. The summed E-state index contributed by atoms with van der Waals surface area (Å²) in [5, 5.41) is 0. The second-order valence-corrected chi connectivity index (χ2v) is 9.47. The third-order valence-corrected chi connectivity index (χ3v) is 7.58. The van der Waals surface area contributed by atoms with Gasteiger partial charge in [0, 0.05) is 0 Å². The second kappa shape index (κ2) is 8.48. The van der Waals surface area contributed by atoms with Crippen molar-refractivity contribution in [3.05, 3.63) is 83.0 Å². The average Bonchev–Trinajstić information content (AvgIpc) is 2.74. The normalized spacial score (nSPS) is 13.3. The fraction of sp³-hybridized carbons (Fsp3) is 0.217. The van der Waals surface area contributed by atoms with Crippen LogP contribution in [0.25, 0.3) is 0 Å². The molecule has 0 radical (unpaired) electrons. The molecule has 28 heavy (non-hydrogen) atoms. The van der Waals surface area contributed by atoms with Crippen LogP contribution in [0.4, 0.5) is 5.82 Å². The summed E-state index contributed by atoms with van der Waals surface area (Å²) in [6, 6.07) is 20.3. The molecular weight excluding hydrogens is 435 g/mol. The number of amides is 1. The first-order chi connectivity index (χ1) is 13.7. The average molecular weight is 456 g/mol. The predicted molar refractivity (Wildman–Crippen MR) is 116 cm³/mol. The first kappa shape index (κ1) is 19.2. The third-order valence-electron chi connectivity index (χ3n) is 4.88. The Labute approximate surface area is 176 Å². The van der Waals surface area contributed by atoms with E-state index in [1.807, 2.05) is 42.2 Å². The van der Waals surface area contributed by atoms with E-state index in [0.29, 0.717) is 18.0 Å². The molecule has 3 nitrogen and oxygen atoms in total. The molecule has 0 atom stereocenters. The van der Waals surface area contributed by atoms with E-state index in [1.165, 1.54) is 14.5 Å². The summed E-state index contributed by atoms with van der Waals surface area (Å²) in [5.41, 5.74) is 3.88. The number of nitrogens with zero attached hydrogens (tertiary/aromatic N) is 2. The Morgan fingerprint density at radius 3 is 2.61 bits per heavy atom. The van der Waals surface area contributed by atoms with Crippen LogP contribution in [-0.4, -0.2) is 32.4 Å². The van der Waals surface area contributed by atoms with Crippen LogP contribution in [-0.2, 0) is 12.3 Å². The topological polar surface area (TPSA) is 33.2 Å². The molecule has 3 aromatic rings. The first-order valence-electron chi connectivity index (χ1n) is 9.36. The van der Waals surface area contributed by atoms with Crippen molar-refractivity contribution in [3.63, 3.8) is 0 Å². The maximum absolute atomic E-state index is 13.1. The van der Waals surface area contributed by atoms with Gasteiger partial charge in [-0.3, -0.25) is 0 Å². The molecular formula is C23H21ClN2OSe. The van der Waals surface area contributed by atoms with Crippen molar-refractivity contribution in [2.24, 2.45) is 0 Å². The van der Waals surface area contributed by atoms with Crippen molar-refractivity contribution < 1.29 is 4.79 Å². The zero-order valence-corrected chi connectivity index (χ0v) is 18.2. The summed E-state index contributed by atoms with van der Waals surface area (Å²) in [5.74, 6) is 1.28. The van der Waals surface area contributed by atoms with E-state index in [1.54, 1.807) is 0 Å². The van der Waals surface area contributed by atoms with Crippen molar-refractivity contribution in [3.8, 4) is 0 Å². The molecule has 0 fully saturated rings. The Morgan fingerprint density at radius 1 is 1.14 bits per heavy atom. The van der Waals surface area contributed by atoms with Gasteiger partial charge < -0.3 is 0 Å². The summed E-state index contributed by atoms with van der Waals surface area (Å²) in [6.07, 6.45) is 1.93. The van der Waals surface area contributed by atoms with E-state index < -0.39 is 0 Å². The van der Waals surface area contributed by atoms with Crippen molar-refractivity contribution in [1.29, 1.82) is 0 Å². The summed E-state index contributed by atoms with van der Waals surface area (Å²) < 4.78 is 2.63. The fourth-order valence-corrected chi connectivity index (χ4v) is 5.53. The number of carbonyl (C=O) groups is 1. The van der Waals surface area contributed by atoms with Gasteiger partial charge in [0.25, 0.3) is 0 Å². The van der Waals surface area contributed by atoms with E-state index >= 15 is 0 Å². The Bertz CT molecular complexity index is 989. The number of aryl methyl sites for hydroxylation is 2. The van der Waals surface area contributed by atoms with Gasteiger partial charge in [-0.05, 0) is 0 Å². The molecule has 5 heteroatoms. The summed E-state index contributed by atoms with van der Waals surface area (Å²) in [6.45, 7) is 2.76. The van der Waals surface area contributed by atoms with E-state index in [2.05, 4.69) is 30.3 Å². The van der Waals surface area contributed by atoms with Crippen molar-refractivity contribution in [1.82, 2.24) is 4.98 Å². The van der Waals surface area contributed by atoms with E-state index in [4.69, 9.17) is 16.6 Å². The number of fused-ring (bicyclic) bond motifs is 1. The SMILES string of the molecule is Cc1nc2c(cc1[Se]c1ccccc1)CCCN2C(=O)c1ccc(CCl)cc1. The monoisotopic (exact) mass is 456 g/mol. The van der Waals surface area contributed by atoms with Crippen molar-refractivity contribution in [2.75, 3.05) is 11.4 Å². The number of hydrogen-bond acceptors (Lipinski definition) is 2. The Kier molecular flexibility index (Phi) is 5.82. The van der Waals surface area contributed by atoms with Crippen molar-refractivity contribution >= 4 is 47.2 Å². The molecule has 1 aliphatic rings. The Balaban J connectivity index is 1.63. The van der Waals surface area contributed by atoms with Gasteiger partial charge in [0.05, 0.1) is 0 Å². The van der Waals surface area contributed by atoms with E-state index in [0.717, 1.165) is 29.9 Å². The summed E-state index contributed by atoms with van der Waals surface area (Å²) in [4.78, 5) is 19.8. The quantitative estimate of drug-likeness (QED) is 0.446. The molecule has 1 aliphatic heterocycles. The van der Waals surface area contributed by atoms with Crippen LogP contribution in [0.2, 0.25) is 0 Å². The van der Waals surface area contributed by atoms with Crippen molar-refractivity contribution in [2.45, 2.75) is 25.6 Å². The molecule has 2 heterocycles. The fourth-order valence-electron chi connectivity index (χ4n) is 3.37. The van der Waals surface area contributed by atoms with E-state index in [9.17, 15) is 4.79 Å². The number of rotatable bonds is 4. The number of benzene rings is 2. The standard InChI is InChI=1S/C23H21ClN2OSe/c1-16-21(28-20-7-3-2-4-8-20)14-19-6-5-13-26(22(19)25-16)23(27)18-11-9-17(15-24)10-12-18/h2-4,7-12,14H,5-6,13,15H2,1H3. The molecule has 0 aliphatic carbocycles. The van der Waals surface area contributed by atoms with Crippen LogP contribution in [0.3, 0.4) is 0 Å². The minimum absolute atomic E-state index is 0.00953. The molecule has 0 saturated heterocycles. The Morgan fingerprint density at radius 2 is 1.89 bits per heavy atom. The predicted octanol–water partition coefficient (Wildman–Crippen LogP) is 3.38. The van der Waals surface area contributed by atoms with Gasteiger partial charge in [0.1, 0.15) is 0 Å². The number of carbonyl (C=O) groups excluding carboxylic acids is 1. The zero-order valence-electron chi connectivity index (χ0n) is 15.7. The van der Waals surface area contributed by atoms with Gasteiger partial charge >= 0.3 is 177 Å². The molecule has 0 N–H and O–H groups in total. The van der Waals surface area contributed by atoms with Crippen LogP contribution in [0, 0.1) is 6.92 Å². The number of aromatic nitrogens is 1. The first-order valence-corrected chi connectivity index (χ1v) is 11.6. The van der Waals surface area contributed by atoms with Gasteiger partial charge in [-0.1, -0.05) is 0 Å². The van der Waals surface area contributed by atoms with Gasteiger partial charge in [0.15, 0.2) is 0 Å². The Hall–Kier alpha value is -2.13. The van der Waals surface area contributed by atoms with Crippen LogP contribution in [0.1, 0.15) is 33.6 Å². The van der Waals surface area contributed by atoms with Gasteiger partial charge in [-0.25, -0.2) is 0 Å². The molecule has 142 valence electrons. The molecule has 4 rings (SSSR count). The number of anilines is 1. The summed E-state index contributed by atoms with van der Waals surface area (Å²) in [7, 11) is 0. The summed E-state index contributed by atoms with van der Waals surface area (Å²) >= 11 is 6.08. The molecule has 0 unspecified atom stereocenters. The maximum atomic E-state index is 13.1. The number of halogens is 1. The van der Waals surface area contributed by atoms with Gasteiger partial charge in [-0.2, -0.15) is 0 Å². The number of pyridine rings is 1. The number of alkyl halides is 1. The molecule has 1 aromatic heterocycles. The van der Waals surface area contributed by atoms with E-state index in [-0.39, 0.29) is 20.9 Å². The molecule has 0 spiro atoms. The molecule has 0 bridgehead atoms.